The van der Waals surface area contributed by atoms with Crippen LogP contribution in [0.15, 0.2) is 18.2 Å². The highest BCUT2D eigenvalue weighted by molar-refractivity contribution is 6.35. The molecule has 2 N–H and O–H groups in total. The summed E-state index contributed by atoms with van der Waals surface area (Å²) in [6.45, 7) is 3.63. The molecule has 7 heteroatoms. The van der Waals surface area contributed by atoms with Crippen LogP contribution >= 0.6 is 0 Å². The fourth-order valence-electron chi connectivity index (χ4n) is 2.25. The van der Waals surface area contributed by atoms with Gasteiger partial charge in [-0.1, -0.05) is 12.6 Å². The molecule has 0 bridgehead atoms. The number of nitrogens with two attached hydrogens (primary N) is 1. The molecule has 0 radical (unpaired) electrons. The van der Waals surface area contributed by atoms with Crippen LogP contribution in [-0.4, -0.2) is 43.3 Å². The molecule has 19 heavy (non-hydrogen) atoms. The summed E-state index contributed by atoms with van der Waals surface area (Å²) >= 11 is 0. The SMILES string of the molecule is Nc1ccc(OCCN2CCBCC2)cc1[N+](=O)[O-]. The molecular weight excluding hydrogens is 245 g/mol. The Morgan fingerprint density at radius 1 is 1.42 bits per heavy atom. The number of anilines is 1. The van der Waals surface area contributed by atoms with Crippen molar-refractivity contribution >= 4 is 18.7 Å². The van der Waals surface area contributed by atoms with Gasteiger partial charge in [-0.25, -0.2) is 0 Å². The number of nitro groups is 1. The minimum absolute atomic E-state index is 0.101. The lowest BCUT2D eigenvalue weighted by atomic mass is 9.68. The van der Waals surface area contributed by atoms with E-state index in [0.717, 1.165) is 19.6 Å². The van der Waals surface area contributed by atoms with Gasteiger partial charge < -0.3 is 15.4 Å². The molecule has 0 aliphatic carbocycles. The van der Waals surface area contributed by atoms with Crippen LogP contribution in [0, 0.1) is 10.1 Å². The average Bonchev–Trinajstić information content (AvgIpc) is 2.41. The molecule has 1 aromatic rings. The fraction of sp³-hybridized carbons (Fsp3) is 0.500. The highest BCUT2D eigenvalue weighted by atomic mass is 16.6. The molecule has 1 heterocycles. The summed E-state index contributed by atoms with van der Waals surface area (Å²) in [5.41, 5.74) is 5.59. The molecule has 0 spiro atoms. The minimum Gasteiger partial charge on any atom is -0.492 e. The zero-order valence-electron chi connectivity index (χ0n) is 10.9. The van der Waals surface area contributed by atoms with E-state index in [-0.39, 0.29) is 11.4 Å². The van der Waals surface area contributed by atoms with Crippen LogP contribution in [0.2, 0.25) is 12.6 Å². The van der Waals surface area contributed by atoms with Crippen molar-refractivity contribution in [3.63, 3.8) is 0 Å². The second-order valence-electron chi connectivity index (χ2n) is 4.73. The van der Waals surface area contributed by atoms with E-state index in [1.165, 1.54) is 32.1 Å². The molecule has 0 atom stereocenters. The standard InChI is InChI=1S/C12H18BN3O3/c14-11-2-1-10(9-12(11)16(17)18)19-8-7-15-5-3-13-4-6-15/h1-2,9,13H,3-8,14H2. The quantitative estimate of drug-likeness (QED) is 0.373. The predicted molar refractivity (Wildman–Crippen MR) is 76.2 cm³/mol. The molecule has 1 fully saturated rings. The lowest BCUT2D eigenvalue weighted by Gasteiger charge is -2.25. The minimum atomic E-state index is -0.493. The van der Waals surface area contributed by atoms with Crippen molar-refractivity contribution < 1.29 is 9.66 Å². The molecule has 102 valence electrons. The number of ether oxygens (including phenoxy) is 1. The lowest BCUT2D eigenvalue weighted by molar-refractivity contribution is -0.384. The Kier molecular flexibility index (Phi) is 4.62. The molecule has 2 rings (SSSR count). The first-order valence-corrected chi connectivity index (χ1v) is 6.56. The van der Waals surface area contributed by atoms with E-state index in [1.807, 2.05) is 0 Å². The summed E-state index contributed by atoms with van der Waals surface area (Å²) in [6, 6.07) is 4.55. The van der Waals surface area contributed by atoms with Crippen LogP contribution in [0.3, 0.4) is 0 Å². The van der Waals surface area contributed by atoms with Gasteiger partial charge >= 0.3 is 0 Å². The van der Waals surface area contributed by atoms with Crippen LogP contribution in [-0.2, 0) is 0 Å². The van der Waals surface area contributed by atoms with Gasteiger partial charge in [-0.2, -0.15) is 0 Å². The van der Waals surface area contributed by atoms with Gasteiger partial charge in [0.25, 0.3) is 5.69 Å². The van der Waals surface area contributed by atoms with Crippen molar-refractivity contribution in [1.82, 2.24) is 4.90 Å². The van der Waals surface area contributed by atoms with E-state index >= 15 is 0 Å². The predicted octanol–water partition coefficient (Wildman–Crippen LogP) is 1.14. The third-order valence-corrected chi connectivity index (χ3v) is 3.32. The maximum Gasteiger partial charge on any atom is 0.295 e. The molecule has 0 unspecified atom stereocenters. The van der Waals surface area contributed by atoms with Crippen LogP contribution in [0.1, 0.15) is 0 Å². The first-order chi connectivity index (χ1) is 9.16. The van der Waals surface area contributed by atoms with Gasteiger partial charge in [0.05, 0.1) is 11.0 Å². The van der Waals surface area contributed by atoms with E-state index in [4.69, 9.17) is 10.5 Å². The number of rotatable bonds is 5. The molecule has 0 aromatic heterocycles. The molecule has 6 nitrogen and oxygen atoms in total. The summed E-state index contributed by atoms with van der Waals surface area (Å²) < 4.78 is 5.55. The Bertz CT molecular complexity index is 450. The molecule has 1 aliphatic heterocycles. The van der Waals surface area contributed by atoms with Crippen LogP contribution in [0.25, 0.3) is 0 Å². The van der Waals surface area contributed by atoms with Crippen molar-refractivity contribution in [2.24, 2.45) is 0 Å². The number of hydrogen-bond acceptors (Lipinski definition) is 5. The van der Waals surface area contributed by atoms with Gasteiger partial charge in [0.2, 0.25) is 0 Å². The van der Waals surface area contributed by atoms with Gasteiger partial charge in [0.1, 0.15) is 25.3 Å². The molecule has 0 amide bonds. The number of nitrogen functional groups attached to an aromatic ring is 1. The summed E-state index contributed by atoms with van der Waals surface area (Å²) in [6.07, 6.45) is 2.49. The first-order valence-electron chi connectivity index (χ1n) is 6.56. The van der Waals surface area contributed by atoms with E-state index < -0.39 is 4.92 Å². The Balaban J connectivity index is 1.85. The second kappa shape index (κ2) is 6.42. The number of benzene rings is 1. The average molecular weight is 263 g/mol. The smallest absolute Gasteiger partial charge is 0.295 e. The number of nitro benzene ring substituents is 1. The van der Waals surface area contributed by atoms with Gasteiger partial charge in [0.15, 0.2) is 0 Å². The molecule has 1 saturated heterocycles. The Hall–Kier alpha value is -1.76. The van der Waals surface area contributed by atoms with Crippen molar-refractivity contribution in [3.8, 4) is 5.75 Å². The molecule has 1 aromatic carbocycles. The van der Waals surface area contributed by atoms with E-state index in [0.29, 0.717) is 12.4 Å². The molecular formula is C12H18BN3O3. The Morgan fingerprint density at radius 2 is 2.16 bits per heavy atom. The highest BCUT2D eigenvalue weighted by Crippen LogP contribution is 2.26. The third kappa shape index (κ3) is 3.85. The Morgan fingerprint density at radius 3 is 2.84 bits per heavy atom. The van der Waals surface area contributed by atoms with Crippen LogP contribution < -0.4 is 10.5 Å². The fourth-order valence-corrected chi connectivity index (χ4v) is 2.25. The van der Waals surface area contributed by atoms with Gasteiger partial charge in [-0.05, 0) is 25.2 Å². The van der Waals surface area contributed by atoms with Gasteiger partial charge in [-0.3, -0.25) is 10.1 Å². The van der Waals surface area contributed by atoms with E-state index in [1.54, 1.807) is 6.07 Å². The second-order valence-corrected chi connectivity index (χ2v) is 4.73. The maximum absolute atomic E-state index is 10.8. The lowest BCUT2D eigenvalue weighted by Crippen LogP contribution is -2.34. The normalized spacial score (nSPS) is 15.8. The van der Waals surface area contributed by atoms with Crippen LogP contribution in [0.4, 0.5) is 11.4 Å². The third-order valence-electron chi connectivity index (χ3n) is 3.32. The van der Waals surface area contributed by atoms with E-state index in [9.17, 15) is 10.1 Å². The summed E-state index contributed by atoms with van der Waals surface area (Å²) in [5.74, 6) is 0.498. The first kappa shape index (κ1) is 13.7. The highest BCUT2D eigenvalue weighted by Gasteiger charge is 2.13. The largest absolute Gasteiger partial charge is 0.492 e. The van der Waals surface area contributed by atoms with Gasteiger partial charge in [-0.15, -0.1) is 0 Å². The topological polar surface area (TPSA) is 81.6 Å². The summed E-state index contributed by atoms with van der Waals surface area (Å²) in [5, 5.41) is 10.8. The number of nitrogens with zero attached hydrogens (tertiary/aromatic N) is 2. The monoisotopic (exact) mass is 263 g/mol. The zero-order chi connectivity index (χ0) is 13.7. The van der Waals surface area contributed by atoms with Crippen molar-refractivity contribution in [2.45, 2.75) is 12.6 Å². The number of hydrogen-bond donors (Lipinski definition) is 1. The maximum atomic E-state index is 10.8. The molecule has 1 aliphatic rings. The van der Waals surface area contributed by atoms with E-state index in [2.05, 4.69) is 4.90 Å². The van der Waals surface area contributed by atoms with Crippen LogP contribution in [0.5, 0.6) is 5.75 Å². The van der Waals surface area contributed by atoms with Crippen molar-refractivity contribution in [3.05, 3.63) is 28.3 Å². The summed E-state index contributed by atoms with van der Waals surface area (Å²) in [7, 11) is 1.31. The zero-order valence-corrected chi connectivity index (χ0v) is 10.9. The van der Waals surface area contributed by atoms with Crippen molar-refractivity contribution in [1.29, 1.82) is 0 Å². The summed E-state index contributed by atoms with van der Waals surface area (Å²) in [4.78, 5) is 12.6. The van der Waals surface area contributed by atoms with Gasteiger partial charge in [0, 0.05) is 6.54 Å². The molecule has 0 saturated carbocycles. The Labute approximate surface area is 112 Å². The van der Waals surface area contributed by atoms with Crippen molar-refractivity contribution in [2.75, 3.05) is 32.0 Å².